The maximum Gasteiger partial charge on any atom is 0.254 e. The van der Waals surface area contributed by atoms with Gasteiger partial charge in [0.15, 0.2) is 5.82 Å². The molecule has 0 aliphatic carbocycles. The molecule has 1 heterocycles. The molecule has 0 aliphatic rings. The van der Waals surface area contributed by atoms with Gasteiger partial charge in [-0.05, 0) is 0 Å². The fraction of sp³-hybridized carbons (Fsp3) is 0.167. The van der Waals surface area contributed by atoms with Crippen molar-refractivity contribution in [3.8, 4) is 0 Å². The van der Waals surface area contributed by atoms with Gasteiger partial charge in [0.25, 0.3) is 5.56 Å². The third-order valence-electron chi connectivity index (χ3n) is 1.13. The van der Waals surface area contributed by atoms with Crippen LogP contribution in [0.3, 0.4) is 0 Å². The molecule has 0 saturated heterocycles. The lowest BCUT2D eigenvalue weighted by Crippen LogP contribution is -2.28. The minimum absolute atomic E-state index is 0.0136. The van der Waals surface area contributed by atoms with Gasteiger partial charge >= 0.3 is 0 Å². The van der Waals surface area contributed by atoms with E-state index >= 15 is 0 Å². The molecule has 0 unspecified atom stereocenters. The fourth-order valence-electron chi connectivity index (χ4n) is 0.693. The van der Waals surface area contributed by atoms with Crippen LogP contribution in [-0.2, 0) is 4.79 Å². The molecule has 70 valence electrons. The number of nitrogens with two attached hydrogens (primary N) is 1. The van der Waals surface area contributed by atoms with Crippen molar-refractivity contribution in [3.05, 3.63) is 16.4 Å². The van der Waals surface area contributed by atoms with E-state index in [9.17, 15) is 9.59 Å². The summed E-state index contributed by atoms with van der Waals surface area (Å²) in [6, 6.07) is 1.17. The molecule has 0 spiro atoms. The quantitative estimate of drug-likeness (QED) is 0.431. The zero-order chi connectivity index (χ0) is 9.84. The van der Waals surface area contributed by atoms with Crippen molar-refractivity contribution in [3.63, 3.8) is 0 Å². The minimum atomic E-state index is -0.389. The van der Waals surface area contributed by atoms with Crippen molar-refractivity contribution in [1.82, 2.24) is 15.4 Å². The molecule has 1 amide bonds. The molecule has 7 nitrogen and oxygen atoms in total. The number of nitrogens with zero attached hydrogens (tertiary/aromatic N) is 1. The SMILES string of the molecule is CC(=O)NNc1cc(=O)[nH]c(N)n1. The van der Waals surface area contributed by atoms with Crippen LogP contribution in [0.1, 0.15) is 6.92 Å². The average molecular weight is 183 g/mol. The van der Waals surface area contributed by atoms with E-state index in [2.05, 4.69) is 20.8 Å². The number of hydrogen-bond donors (Lipinski definition) is 4. The molecule has 1 aromatic heterocycles. The zero-order valence-corrected chi connectivity index (χ0v) is 6.92. The monoisotopic (exact) mass is 183 g/mol. The number of amides is 1. The molecule has 1 aromatic rings. The Morgan fingerprint density at radius 3 is 2.92 bits per heavy atom. The van der Waals surface area contributed by atoms with Gasteiger partial charge in [0.2, 0.25) is 11.9 Å². The van der Waals surface area contributed by atoms with Crippen molar-refractivity contribution >= 4 is 17.7 Å². The van der Waals surface area contributed by atoms with E-state index in [1.807, 2.05) is 0 Å². The molecule has 0 bridgehead atoms. The molecule has 7 heteroatoms. The highest BCUT2D eigenvalue weighted by molar-refractivity contribution is 5.74. The van der Waals surface area contributed by atoms with Crippen LogP contribution in [0.4, 0.5) is 11.8 Å². The van der Waals surface area contributed by atoms with E-state index in [1.54, 1.807) is 0 Å². The van der Waals surface area contributed by atoms with Gasteiger partial charge in [-0.25, -0.2) is 0 Å². The number of nitrogens with one attached hydrogen (secondary N) is 3. The van der Waals surface area contributed by atoms with Gasteiger partial charge in [0.1, 0.15) is 0 Å². The van der Waals surface area contributed by atoms with E-state index in [0.29, 0.717) is 0 Å². The summed E-state index contributed by atoms with van der Waals surface area (Å²) >= 11 is 0. The number of hydrazine groups is 1. The van der Waals surface area contributed by atoms with Crippen LogP contribution in [0.15, 0.2) is 10.9 Å². The number of anilines is 2. The Morgan fingerprint density at radius 1 is 1.69 bits per heavy atom. The smallest absolute Gasteiger partial charge is 0.254 e. The predicted molar refractivity (Wildman–Crippen MR) is 46.7 cm³/mol. The minimum Gasteiger partial charge on any atom is -0.369 e. The summed E-state index contributed by atoms with van der Waals surface area (Å²) in [6.45, 7) is 1.32. The second-order valence-corrected chi connectivity index (χ2v) is 2.32. The first kappa shape index (κ1) is 9.04. The number of hydrogen-bond acceptors (Lipinski definition) is 5. The Hall–Kier alpha value is -2.05. The first-order valence-electron chi connectivity index (χ1n) is 3.47. The van der Waals surface area contributed by atoms with E-state index in [1.165, 1.54) is 13.0 Å². The molecule has 0 radical (unpaired) electrons. The lowest BCUT2D eigenvalue weighted by molar-refractivity contribution is -0.118. The van der Waals surface area contributed by atoms with Gasteiger partial charge in [-0.1, -0.05) is 0 Å². The van der Waals surface area contributed by atoms with Gasteiger partial charge in [-0.2, -0.15) is 4.98 Å². The lowest BCUT2D eigenvalue weighted by atomic mass is 10.6. The predicted octanol–water partition coefficient (Wildman–Crippen LogP) is -1.18. The van der Waals surface area contributed by atoms with Crippen LogP contribution < -0.4 is 22.1 Å². The van der Waals surface area contributed by atoms with Crippen LogP contribution in [0.25, 0.3) is 0 Å². The molecule has 0 atom stereocenters. The summed E-state index contributed by atoms with van der Waals surface area (Å²) in [5.41, 5.74) is 9.53. The molecular weight excluding hydrogens is 174 g/mol. The van der Waals surface area contributed by atoms with Crippen molar-refractivity contribution < 1.29 is 4.79 Å². The molecule has 0 aliphatic heterocycles. The number of carbonyl (C=O) groups excluding carboxylic acids is 1. The Balaban J connectivity index is 2.77. The molecule has 0 fully saturated rings. The van der Waals surface area contributed by atoms with Gasteiger partial charge in [-0.15, -0.1) is 0 Å². The summed E-state index contributed by atoms with van der Waals surface area (Å²) in [5, 5.41) is 0. The van der Waals surface area contributed by atoms with Crippen molar-refractivity contribution in [2.75, 3.05) is 11.2 Å². The number of rotatable bonds is 2. The van der Waals surface area contributed by atoms with Gasteiger partial charge in [0, 0.05) is 13.0 Å². The van der Waals surface area contributed by atoms with E-state index in [4.69, 9.17) is 5.73 Å². The van der Waals surface area contributed by atoms with Gasteiger partial charge in [0.05, 0.1) is 0 Å². The lowest BCUT2D eigenvalue weighted by Gasteiger charge is -2.04. The van der Waals surface area contributed by atoms with Crippen LogP contribution in [0, 0.1) is 0 Å². The second kappa shape index (κ2) is 3.57. The Labute approximate surface area is 73.3 Å². The third-order valence-corrected chi connectivity index (χ3v) is 1.13. The topological polar surface area (TPSA) is 113 Å². The highest BCUT2D eigenvalue weighted by Gasteiger charge is 1.97. The molecule has 5 N–H and O–H groups in total. The first-order chi connectivity index (χ1) is 6.08. The van der Waals surface area contributed by atoms with Crippen LogP contribution >= 0.6 is 0 Å². The molecule has 0 saturated carbocycles. The number of aromatic nitrogens is 2. The first-order valence-corrected chi connectivity index (χ1v) is 3.47. The van der Waals surface area contributed by atoms with E-state index in [-0.39, 0.29) is 23.2 Å². The van der Waals surface area contributed by atoms with E-state index < -0.39 is 0 Å². The van der Waals surface area contributed by atoms with Gasteiger partial charge in [-0.3, -0.25) is 25.4 Å². The van der Waals surface area contributed by atoms with Crippen molar-refractivity contribution in [1.29, 1.82) is 0 Å². The second-order valence-electron chi connectivity index (χ2n) is 2.32. The van der Waals surface area contributed by atoms with Crippen LogP contribution in [-0.4, -0.2) is 15.9 Å². The summed E-state index contributed by atoms with van der Waals surface area (Å²) in [6.07, 6.45) is 0. The largest absolute Gasteiger partial charge is 0.369 e. The number of aromatic amines is 1. The van der Waals surface area contributed by atoms with E-state index in [0.717, 1.165) is 0 Å². The Morgan fingerprint density at radius 2 is 2.38 bits per heavy atom. The number of H-pyrrole nitrogens is 1. The summed E-state index contributed by atoms with van der Waals surface area (Å²) in [5.74, 6) is -0.113. The fourth-order valence-corrected chi connectivity index (χ4v) is 0.693. The Kier molecular flexibility index (Phi) is 2.48. The molecular formula is C6H9N5O2. The normalized spacial score (nSPS) is 9.31. The van der Waals surface area contributed by atoms with Crippen LogP contribution in [0.2, 0.25) is 0 Å². The average Bonchev–Trinajstić information content (AvgIpc) is 1.99. The summed E-state index contributed by atoms with van der Waals surface area (Å²) in [7, 11) is 0. The van der Waals surface area contributed by atoms with Gasteiger partial charge < -0.3 is 5.73 Å². The zero-order valence-electron chi connectivity index (χ0n) is 6.92. The van der Waals surface area contributed by atoms with Crippen molar-refractivity contribution in [2.45, 2.75) is 6.92 Å². The standard InChI is InChI=1S/C6H9N5O2/c1-3(12)10-11-4-2-5(13)9-6(7)8-4/h2H,1H3,(H,10,12)(H4,7,8,9,11,13). The highest BCUT2D eigenvalue weighted by Crippen LogP contribution is 1.96. The Bertz CT molecular complexity index is 372. The van der Waals surface area contributed by atoms with Crippen molar-refractivity contribution in [2.24, 2.45) is 0 Å². The highest BCUT2D eigenvalue weighted by atomic mass is 16.2. The summed E-state index contributed by atoms with van der Waals surface area (Å²) < 4.78 is 0. The number of carbonyl (C=O) groups is 1. The third kappa shape index (κ3) is 2.81. The van der Waals surface area contributed by atoms with Crippen LogP contribution in [0.5, 0.6) is 0 Å². The maximum absolute atomic E-state index is 10.8. The molecule has 1 rings (SSSR count). The number of nitrogen functional groups attached to an aromatic ring is 1. The maximum atomic E-state index is 10.8. The summed E-state index contributed by atoms with van der Waals surface area (Å²) in [4.78, 5) is 27.3. The molecule has 13 heavy (non-hydrogen) atoms. The molecule has 0 aromatic carbocycles.